The van der Waals surface area contributed by atoms with Crippen molar-refractivity contribution in [3.8, 4) is 0 Å². The summed E-state index contributed by atoms with van der Waals surface area (Å²) in [6.45, 7) is 0.611. The Kier molecular flexibility index (Phi) is 3.70. The summed E-state index contributed by atoms with van der Waals surface area (Å²) >= 11 is 1.22. The molecule has 0 unspecified atom stereocenters. The van der Waals surface area contributed by atoms with Crippen molar-refractivity contribution in [2.75, 3.05) is 11.9 Å². The molecule has 0 radical (unpaired) electrons. The molecule has 92 valence electrons. The number of aliphatic carboxylic acids is 1. The predicted octanol–water partition coefficient (Wildman–Crippen LogP) is 0.888. The Balaban J connectivity index is 1.91. The van der Waals surface area contributed by atoms with E-state index in [-0.39, 0.29) is 12.3 Å². The third kappa shape index (κ3) is 3.24. The molecule has 1 aliphatic rings. The fourth-order valence-corrected chi connectivity index (χ4v) is 2.28. The van der Waals surface area contributed by atoms with Crippen molar-refractivity contribution < 1.29 is 19.4 Å². The number of ether oxygens (including phenoxy) is 1. The molecule has 1 amide bonds. The molecule has 0 aromatic carbocycles. The molecular formula is C10H12N2O4S. The summed E-state index contributed by atoms with van der Waals surface area (Å²) < 4.78 is 5.23. The van der Waals surface area contributed by atoms with Crippen LogP contribution in [0.2, 0.25) is 0 Å². The van der Waals surface area contributed by atoms with Gasteiger partial charge in [0.25, 0.3) is 5.91 Å². The van der Waals surface area contributed by atoms with Crippen LogP contribution in [0.15, 0.2) is 5.38 Å². The highest BCUT2D eigenvalue weighted by atomic mass is 32.1. The molecule has 7 heteroatoms. The van der Waals surface area contributed by atoms with E-state index in [2.05, 4.69) is 10.3 Å². The highest BCUT2D eigenvalue weighted by molar-refractivity contribution is 7.13. The summed E-state index contributed by atoms with van der Waals surface area (Å²) in [5, 5.41) is 13.3. The Bertz CT molecular complexity index is 426. The fourth-order valence-electron chi connectivity index (χ4n) is 1.57. The van der Waals surface area contributed by atoms with Crippen molar-refractivity contribution in [2.45, 2.75) is 25.4 Å². The van der Waals surface area contributed by atoms with E-state index in [1.165, 1.54) is 11.3 Å². The van der Waals surface area contributed by atoms with Crippen LogP contribution in [0.1, 0.15) is 18.5 Å². The van der Waals surface area contributed by atoms with Gasteiger partial charge >= 0.3 is 5.97 Å². The molecule has 0 bridgehead atoms. The summed E-state index contributed by atoms with van der Waals surface area (Å²) in [5.74, 6) is -1.15. The number of amides is 1. The summed E-state index contributed by atoms with van der Waals surface area (Å²) in [7, 11) is 0. The van der Waals surface area contributed by atoms with Gasteiger partial charge < -0.3 is 9.84 Å². The number of anilines is 1. The van der Waals surface area contributed by atoms with Crippen LogP contribution in [0.4, 0.5) is 5.13 Å². The van der Waals surface area contributed by atoms with E-state index in [4.69, 9.17) is 9.84 Å². The lowest BCUT2D eigenvalue weighted by Gasteiger charge is -2.07. The molecular weight excluding hydrogens is 244 g/mol. The second-order valence-electron chi connectivity index (χ2n) is 3.71. The Labute approximate surface area is 102 Å². The number of nitrogens with zero attached hydrogens (tertiary/aromatic N) is 1. The maximum absolute atomic E-state index is 11.7. The number of carbonyl (C=O) groups excluding carboxylic acids is 1. The molecule has 1 saturated heterocycles. The number of carbonyl (C=O) groups is 2. The SMILES string of the molecule is O=C(O)Cc1csc(NC(=O)[C@@H]2CCCO2)n1. The molecule has 2 heterocycles. The second kappa shape index (κ2) is 5.24. The Hall–Kier alpha value is -1.47. The van der Waals surface area contributed by atoms with E-state index >= 15 is 0 Å². The van der Waals surface area contributed by atoms with Crippen LogP contribution in [0.3, 0.4) is 0 Å². The van der Waals surface area contributed by atoms with Crippen molar-refractivity contribution in [3.63, 3.8) is 0 Å². The number of rotatable bonds is 4. The van der Waals surface area contributed by atoms with E-state index in [0.29, 0.717) is 17.4 Å². The van der Waals surface area contributed by atoms with Gasteiger partial charge in [0.2, 0.25) is 0 Å². The molecule has 2 rings (SSSR count). The normalized spacial score (nSPS) is 19.2. The lowest BCUT2D eigenvalue weighted by molar-refractivity contribution is -0.136. The van der Waals surface area contributed by atoms with Gasteiger partial charge in [-0.25, -0.2) is 4.98 Å². The van der Waals surface area contributed by atoms with Gasteiger partial charge in [-0.2, -0.15) is 0 Å². The van der Waals surface area contributed by atoms with E-state index in [0.717, 1.165) is 12.8 Å². The molecule has 0 spiro atoms. The van der Waals surface area contributed by atoms with Crippen LogP contribution >= 0.6 is 11.3 Å². The third-order valence-electron chi connectivity index (χ3n) is 2.34. The number of hydrogen-bond acceptors (Lipinski definition) is 5. The van der Waals surface area contributed by atoms with Gasteiger partial charge in [-0.3, -0.25) is 14.9 Å². The average molecular weight is 256 g/mol. The second-order valence-corrected chi connectivity index (χ2v) is 4.56. The van der Waals surface area contributed by atoms with Crippen molar-refractivity contribution in [1.82, 2.24) is 4.98 Å². The fraction of sp³-hybridized carbons (Fsp3) is 0.500. The summed E-state index contributed by atoms with van der Waals surface area (Å²) in [5.41, 5.74) is 0.449. The molecule has 1 fully saturated rings. The minimum Gasteiger partial charge on any atom is -0.481 e. The Morgan fingerprint density at radius 1 is 1.65 bits per heavy atom. The van der Waals surface area contributed by atoms with Crippen LogP contribution in [-0.4, -0.2) is 34.7 Å². The maximum atomic E-state index is 11.7. The standard InChI is InChI=1S/C10H12N2O4S/c13-8(14)4-6-5-17-10(11-6)12-9(15)7-2-1-3-16-7/h5,7H,1-4H2,(H,13,14)(H,11,12,15)/t7-/m0/s1. The number of thiazole rings is 1. The van der Waals surface area contributed by atoms with Crippen molar-refractivity contribution in [1.29, 1.82) is 0 Å². The highest BCUT2D eigenvalue weighted by Crippen LogP contribution is 2.18. The van der Waals surface area contributed by atoms with Crippen molar-refractivity contribution >= 4 is 28.3 Å². The molecule has 2 N–H and O–H groups in total. The van der Waals surface area contributed by atoms with E-state index in [1.54, 1.807) is 5.38 Å². The van der Waals surface area contributed by atoms with Gasteiger partial charge in [0, 0.05) is 12.0 Å². The molecule has 1 atom stereocenters. The first-order valence-corrected chi connectivity index (χ1v) is 6.12. The summed E-state index contributed by atoms with van der Waals surface area (Å²) in [6, 6.07) is 0. The zero-order chi connectivity index (χ0) is 12.3. The van der Waals surface area contributed by atoms with Gasteiger partial charge in [0.1, 0.15) is 6.10 Å². The molecule has 17 heavy (non-hydrogen) atoms. The lowest BCUT2D eigenvalue weighted by Crippen LogP contribution is -2.26. The van der Waals surface area contributed by atoms with E-state index < -0.39 is 12.1 Å². The molecule has 0 saturated carbocycles. The number of hydrogen-bond donors (Lipinski definition) is 2. The Morgan fingerprint density at radius 2 is 2.47 bits per heavy atom. The van der Waals surface area contributed by atoms with Gasteiger partial charge in [-0.1, -0.05) is 0 Å². The van der Waals surface area contributed by atoms with Crippen LogP contribution in [0, 0.1) is 0 Å². The molecule has 0 aliphatic carbocycles. The van der Waals surface area contributed by atoms with Gasteiger partial charge in [-0.05, 0) is 12.8 Å². The number of carboxylic acid groups (broad SMARTS) is 1. The molecule has 6 nitrogen and oxygen atoms in total. The van der Waals surface area contributed by atoms with Crippen LogP contribution < -0.4 is 5.32 Å². The number of carboxylic acids is 1. The van der Waals surface area contributed by atoms with Crippen molar-refractivity contribution in [2.24, 2.45) is 0 Å². The first-order chi connectivity index (χ1) is 8.15. The minimum absolute atomic E-state index is 0.133. The van der Waals surface area contributed by atoms with Gasteiger partial charge in [-0.15, -0.1) is 11.3 Å². The first-order valence-electron chi connectivity index (χ1n) is 5.24. The summed E-state index contributed by atoms with van der Waals surface area (Å²) in [6.07, 6.45) is 1.08. The number of nitrogens with one attached hydrogen (secondary N) is 1. The first kappa shape index (κ1) is 12.0. The average Bonchev–Trinajstić information content (AvgIpc) is 2.87. The van der Waals surface area contributed by atoms with E-state index in [9.17, 15) is 9.59 Å². The number of aromatic nitrogens is 1. The van der Waals surface area contributed by atoms with Crippen LogP contribution in [0.5, 0.6) is 0 Å². The maximum Gasteiger partial charge on any atom is 0.309 e. The lowest BCUT2D eigenvalue weighted by atomic mass is 10.2. The quantitative estimate of drug-likeness (QED) is 0.835. The van der Waals surface area contributed by atoms with Crippen LogP contribution in [-0.2, 0) is 20.7 Å². The topological polar surface area (TPSA) is 88.5 Å². The van der Waals surface area contributed by atoms with Crippen molar-refractivity contribution in [3.05, 3.63) is 11.1 Å². The van der Waals surface area contributed by atoms with Gasteiger partial charge in [0.15, 0.2) is 5.13 Å². The monoisotopic (exact) mass is 256 g/mol. The molecule has 1 aliphatic heterocycles. The zero-order valence-corrected chi connectivity index (χ0v) is 9.83. The smallest absolute Gasteiger partial charge is 0.309 e. The Morgan fingerprint density at radius 3 is 3.12 bits per heavy atom. The molecule has 1 aromatic heterocycles. The third-order valence-corrected chi connectivity index (χ3v) is 3.14. The molecule has 1 aromatic rings. The minimum atomic E-state index is -0.938. The van der Waals surface area contributed by atoms with E-state index in [1.807, 2.05) is 0 Å². The summed E-state index contributed by atoms with van der Waals surface area (Å²) in [4.78, 5) is 26.1. The predicted molar refractivity (Wildman–Crippen MR) is 61.1 cm³/mol. The highest BCUT2D eigenvalue weighted by Gasteiger charge is 2.24. The largest absolute Gasteiger partial charge is 0.481 e. The zero-order valence-electron chi connectivity index (χ0n) is 9.01. The van der Waals surface area contributed by atoms with Crippen LogP contribution in [0.25, 0.3) is 0 Å². The van der Waals surface area contributed by atoms with Gasteiger partial charge in [0.05, 0.1) is 12.1 Å².